The minimum Gasteiger partial charge on any atom is -0.489 e. The number of aliphatic carboxylic acids is 1. The largest absolute Gasteiger partial charge is 0.489 e. The lowest BCUT2D eigenvalue weighted by molar-refractivity contribution is -0.139. The summed E-state index contributed by atoms with van der Waals surface area (Å²) in [5.74, 6) is -0.0360. The number of rotatable bonds is 8. The van der Waals surface area contributed by atoms with E-state index in [1.54, 1.807) is 12.4 Å². The van der Waals surface area contributed by atoms with Crippen LogP contribution >= 0.6 is 0 Å². The van der Waals surface area contributed by atoms with Crippen molar-refractivity contribution in [2.75, 3.05) is 6.54 Å². The Bertz CT molecular complexity index is 794. The second-order valence-electron chi connectivity index (χ2n) is 7.14. The molecule has 6 heteroatoms. The first kappa shape index (κ1) is 19.9. The number of carboxylic acid groups (broad SMARTS) is 1. The summed E-state index contributed by atoms with van der Waals surface area (Å²) in [4.78, 5) is 29.7. The summed E-state index contributed by atoms with van der Waals surface area (Å²) in [6.07, 6.45) is 7.32. The molecule has 1 aliphatic heterocycles. The highest BCUT2D eigenvalue weighted by molar-refractivity contribution is 5.79. The summed E-state index contributed by atoms with van der Waals surface area (Å²) < 4.78 is 5.82. The number of benzene rings is 1. The van der Waals surface area contributed by atoms with Gasteiger partial charge in [0.1, 0.15) is 12.4 Å². The third kappa shape index (κ3) is 5.81. The molecule has 28 heavy (non-hydrogen) atoms. The number of carboxylic acids is 1. The summed E-state index contributed by atoms with van der Waals surface area (Å²) >= 11 is 0. The first-order chi connectivity index (χ1) is 13.6. The van der Waals surface area contributed by atoms with Gasteiger partial charge < -0.3 is 14.7 Å². The molecule has 1 amide bonds. The van der Waals surface area contributed by atoms with Gasteiger partial charge in [-0.3, -0.25) is 14.6 Å². The number of pyridine rings is 1. The lowest BCUT2D eigenvalue weighted by atomic mass is 9.97. The molecule has 2 aromatic rings. The summed E-state index contributed by atoms with van der Waals surface area (Å²) in [6.45, 7) is 1.13. The molecule has 0 saturated carbocycles. The van der Waals surface area contributed by atoms with E-state index in [4.69, 9.17) is 9.84 Å². The summed E-state index contributed by atoms with van der Waals surface area (Å²) in [5.41, 5.74) is 1.88. The van der Waals surface area contributed by atoms with E-state index in [1.807, 2.05) is 41.3 Å². The predicted octanol–water partition coefficient (Wildman–Crippen LogP) is 3.45. The highest BCUT2D eigenvalue weighted by atomic mass is 16.5. The van der Waals surface area contributed by atoms with E-state index < -0.39 is 5.97 Å². The first-order valence-corrected chi connectivity index (χ1v) is 9.74. The molecule has 1 aliphatic rings. The van der Waals surface area contributed by atoms with Crippen molar-refractivity contribution in [2.24, 2.45) is 0 Å². The number of amides is 1. The molecule has 1 fully saturated rings. The van der Waals surface area contributed by atoms with Crippen LogP contribution in [0.3, 0.4) is 0 Å². The molecule has 2 heterocycles. The second-order valence-corrected chi connectivity index (χ2v) is 7.14. The van der Waals surface area contributed by atoms with Crippen molar-refractivity contribution in [2.45, 2.75) is 51.2 Å². The molecule has 1 atom stereocenters. The van der Waals surface area contributed by atoms with E-state index >= 15 is 0 Å². The molecule has 0 bridgehead atoms. The van der Waals surface area contributed by atoms with E-state index in [0.717, 1.165) is 36.1 Å². The third-order valence-electron chi connectivity index (χ3n) is 5.02. The second kappa shape index (κ2) is 9.88. The Kier molecular flexibility index (Phi) is 7.00. The molecule has 1 N–H and O–H groups in total. The van der Waals surface area contributed by atoms with E-state index in [2.05, 4.69) is 4.98 Å². The van der Waals surface area contributed by atoms with Crippen molar-refractivity contribution in [3.05, 3.63) is 59.9 Å². The van der Waals surface area contributed by atoms with Crippen LogP contribution in [0, 0.1) is 0 Å². The normalized spacial score (nSPS) is 16.6. The SMILES string of the molecule is O=C(O)CCC1CCCCN1C(=O)Cc1cccc(OCc2cccnc2)c1. The van der Waals surface area contributed by atoms with Crippen LogP contribution in [0.5, 0.6) is 5.75 Å². The van der Waals surface area contributed by atoms with Gasteiger partial charge in [0.2, 0.25) is 5.91 Å². The third-order valence-corrected chi connectivity index (χ3v) is 5.02. The van der Waals surface area contributed by atoms with Crippen LogP contribution < -0.4 is 4.74 Å². The van der Waals surface area contributed by atoms with Crippen LogP contribution in [0.1, 0.15) is 43.2 Å². The highest BCUT2D eigenvalue weighted by Crippen LogP contribution is 2.23. The summed E-state index contributed by atoms with van der Waals surface area (Å²) in [6, 6.07) is 11.4. The molecule has 1 aromatic carbocycles. The number of carbonyl (C=O) groups excluding carboxylic acids is 1. The van der Waals surface area contributed by atoms with Gasteiger partial charge in [0.25, 0.3) is 0 Å². The number of piperidine rings is 1. The van der Waals surface area contributed by atoms with Crippen LogP contribution in [0.4, 0.5) is 0 Å². The molecule has 0 radical (unpaired) electrons. The van der Waals surface area contributed by atoms with Gasteiger partial charge in [-0.15, -0.1) is 0 Å². The molecular formula is C22H26N2O4. The van der Waals surface area contributed by atoms with E-state index in [1.165, 1.54) is 0 Å². The maximum Gasteiger partial charge on any atom is 0.303 e. The Morgan fingerprint density at radius 2 is 2.04 bits per heavy atom. The molecule has 1 saturated heterocycles. The number of nitrogens with zero attached hydrogens (tertiary/aromatic N) is 2. The van der Waals surface area contributed by atoms with Crippen LogP contribution in [0.25, 0.3) is 0 Å². The van der Waals surface area contributed by atoms with Crippen molar-refractivity contribution in [3.8, 4) is 5.75 Å². The van der Waals surface area contributed by atoms with Crippen LogP contribution in [0.2, 0.25) is 0 Å². The minimum atomic E-state index is -0.809. The molecule has 3 rings (SSSR count). The minimum absolute atomic E-state index is 0.0300. The lowest BCUT2D eigenvalue weighted by Crippen LogP contribution is -2.44. The summed E-state index contributed by atoms with van der Waals surface area (Å²) in [7, 11) is 0. The Morgan fingerprint density at radius 3 is 2.82 bits per heavy atom. The Morgan fingerprint density at radius 1 is 1.18 bits per heavy atom. The molecular weight excluding hydrogens is 356 g/mol. The molecule has 0 aliphatic carbocycles. The van der Waals surface area contributed by atoms with Gasteiger partial charge in [-0.05, 0) is 49.4 Å². The quantitative estimate of drug-likeness (QED) is 0.756. The van der Waals surface area contributed by atoms with Crippen molar-refractivity contribution in [1.82, 2.24) is 9.88 Å². The van der Waals surface area contributed by atoms with Gasteiger partial charge in [0, 0.05) is 37.0 Å². The van der Waals surface area contributed by atoms with Gasteiger partial charge in [-0.1, -0.05) is 18.2 Å². The van der Waals surface area contributed by atoms with Gasteiger partial charge in [-0.25, -0.2) is 0 Å². The standard InChI is InChI=1S/C22H26N2O4/c25-21(24-12-2-1-7-19(24)9-10-22(26)27)14-17-5-3-8-20(13-17)28-16-18-6-4-11-23-15-18/h3-6,8,11,13,15,19H,1-2,7,9-10,12,14,16H2,(H,26,27). The number of aromatic nitrogens is 1. The van der Waals surface area contributed by atoms with Crippen LogP contribution in [-0.2, 0) is 22.6 Å². The van der Waals surface area contributed by atoms with Gasteiger partial charge in [0.05, 0.1) is 6.42 Å². The fourth-order valence-corrected chi connectivity index (χ4v) is 3.59. The number of hydrogen-bond acceptors (Lipinski definition) is 4. The van der Waals surface area contributed by atoms with Crippen molar-refractivity contribution >= 4 is 11.9 Å². The van der Waals surface area contributed by atoms with Crippen LogP contribution in [0.15, 0.2) is 48.8 Å². The fraction of sp³-hybridized carbons (Fsp3) is 0.409. The maximum absolute atomic E-state index is 12.8. The van der Waals surface area contributed by atoms with Crippen molar-refractivity contribution < 1.29 is 19.4 Å². The monoisotopic (exact) mass is 382 g/mol. The zero-order valence-electron chi connectivity index (χ0n) is 15.9. The lowest BCUT2D eigenvalue weighted by Gasteiger charge is -2.35. The molecule has 1 unspecified atom stereocenters. The number of likely N-dealkylation sites (tertiary alicyclic amines) is 1. The molecule has 148 valence electrons. The fourth-order valence-electron chi connectivity index (χ4n) is 3.59. The van der Waals surface area contributed by atoms with Crippen LogP contribution in [-0.4, -0.2) is 39.5 Å². The van der Waals surface area contributed by atoms with Crippen molar-refractivity contribution in [3.63, 3.8) is 0 Å². The van der Waals surface area contributed by atoms with E-state index in [9.17, 15) is 9.59 Å². The topological polar surface area (TPSA) is 79.7 Å². The summed E-state index contributed by atoms with van der Waals surface area (Å²) in [5, 5.41) is 8.95. The Hall–Kier alpha value is -2.89. The predicted molar refractivity (Wildman–Crippen MR) is 105 cm³/mol. The van der Waals surface area contributed by atoms with E-state index in [-0.39, 0.29) is 18.4 Å². The van der Waals surface area contributed by atoms with Gasteiger partial charge >= 0.3 is 5.97 Å². The number of hydrogen-bond donors (Lipinski definition) is 1. The first-order valence-electron chi connectivity index (χ1n) is 9.74. The number of carbonyl (C=O) groups is 2. The Balaban J connectivity index is 1.59. The average Bonchev–Trinajstić information content (AvgIpc) is 2.72. The highest BCUT2D eigenvalue weighted by Gasteiger charge is 2.26. The molecule has 0 spiro atoms. The van der Waals surface area contributed by atoms with Crippen molar-refractivity contribution in [1.29, 1.82) is 0 Å². The molecule has 1 aromatic heterocycles. The smallest absolute Gasteiger partial charge is 0.303 e. The zero-order valence-corrected chi connectivity index (χ0v) is 15.9. The Labute approximate surface area is 165 Å². The molecule has 6 nitrogen and oxygen atoms in total. The maximum atomic E-state index is 12.8. The van der Waals surface area contributed by atoms with Gasteiger partial charge in [0.15, 0.2) is 0 Å². The zero-order chi connectivity index (χ0) is 19.8. The van der Waals surface area contributed by atoms with E-state index in [0.29, 0.717) is 26.0 Å². The van der Waals surface area contributed by atoms with Gasteiger partial charge in [-0.2, -0.15) is 0 Å². The average molecular weight is 382 g/mol. The number of ether oxygens (including phenoxy) is 1.